The highest BCUT2D eigenvalue weighted by atomic mass is 32.1. The van der Waals surface area contributed by atoms with Gasteiger partial charge in [-0.3, -0.25) is 14.8 Å². The summed E-state index contributed by atoms with van der Waals surface area (Å²) in [6.07, 6.45) is 5.38. The zero-order valence-corrected chi connectivity index (χ0v) is 20.6. The number of carbonyl (C=O) groups is 1. The summed E-state index contributed by atoms with van der Waals surface area (Å²) in [7, 11) is 0. The molecular weight excluding hydrogens is 496 g/mol. The third kappa shape index (κ3) is 4.29. The fraction of sp³-hybridized carbons (Fsp3) is 0.148. The molecule has 6 rings (SSSR count). The highest BCUT2D eigenvalue weighted by Crippen LogP contribution is 2.39. The molecule has 186 valence electrons. The van der Waals surface area contributed by atoms with Crippen LogP contribution >= 0.6 is 11.3 Å². The zero-order valence-electron chi connectivity index (χ0n) is 19.8. The van der Waals surface area contributed by atoms with Gasteiger partial charge in [0.1, 0.15) is 11.6 Å². The first-order chi connectivity index (χ1) is 18.0. The van der Waals surface area contributed by atoms with Crippen molar-refractivity contribution in [3.63, 3.8) is 0 Å². The highest BCUT2D eigenvalue weighted by molar-refractivity contribution is 7.22. The number of amides is 2. The second kappa shape index (κ2) is 9.29. The van der Waals surface area contributed by atoms with Crippen LogP contribution in [0.25, 0.3) is 20.8 Å². The molecule has 0 bridgehead atoms. The number of fused-ring (bicyclic) bond motifs is 1. The van der Waals surface area contributed by atoms with Crippen LogP contribution in [-0.2, 0) is 6.54 Å². The van der Waals surface area contributed by atoms with Gasteiger partial charge in [-0.1, -0.05) is 0 Å². The van der Waals surface area contributed by atoms with Gasteiger partial charge in [-0.05, 0) is 49.4 Å². The van der Waals surface area contributed by atoms with Crippen molar-refractivity contribution < 1.29 is 18.3 Å². The summed E-state index contributed by atoms with van der Waals surface area (Å²) in [5.41, 5.74) is 2.59. The maximum absolute atomic E-state index is 15.1. The standard InChI is InChI=1S/C27H21F2N5O2S/c1-2-32-15-22(31-16-32)25-14-21-26(37-25)24(9-10-30-21)36-23-8-7-19(13-20(23)29)34-12-11-33(27(34)35)18-5-3-17(28)4-6-18/h3-10,13-16H,2,11-12H2,1H3. The summed E-state index contributed by atoms with van der Waals surface area (Å²) in [4.78, 5) is 25.8. The van der Waals surface area contributed by atoms with Crippen LogP contribution < -0.4 is 14.5 Å². The molecule has 0 atom stereocenters. The number of benzene rings is 2. The summed E-state index contributed by atoms with van der Waals surface area (Å²) < 4.78 is 37.2. The van der Waals surface area contributed by atoms with Gasteiger partial charge in [0.25, 0.3) is 0 Å². The third-order valence-corrected chi connectivity index (χ3v) is 7.38. The Morgan fingerprint density at radius 1 is 0.946 bits per heavy atom. The van der Waals surface area contributed by atoms with E-state index in [-0.39, 0.29) is 17.6 Å². The molecule has 2 amide bonds. The topological polar surface area (TPSA) is 63.5 Å². The summed E-state index contributed by atoms with van der Waals surface area (Å²) in [5.74, 6) is -0.428. The molecule has 2 aromatic carbocycles. The second-order valence-electron chi connectivity index (χ2n) is 8.50. The third-order valence-electron chi connectivity index (χ3n) is 6.22. The van der Waals surface area contributed by atoms with E-state index in [1.807, 2.05) is 23.8 Å². The maximum atomic E-state index is 15.1. The summed E-state index contributed by atoms with van der Waals surface area (Å²) in [6, 6.07) is 13.5. The number of rotatable bonds is 6. The Kier molecular flexibility index (Phi) is 5.80. The smallest absolute Gasteiger partial charge is 0.329 e. The van der Waals surface area contributed by atoms with Crippen LogP contribution in [0.1, 0.15) is 6.92 Å². The number of aromatic nitrogens is 3. The Morgan fingerprint density at radius 2 is 1.70 bits per heavy atom. The van der Waals surface area contributed by atoms with E-state index < -0.39 is 5.82 Å². The molecule has 1 fully saturated rings. The van der Waals surface area contributed by atoms with Crippen molar-refractivity contribution in [1.29, 1.82) is 0 Å². The average Bonchev–Trinajstić information content (AvgIpc) is 3.64. The lowest BCUT2D eigenvalue weighted by Crippen LogP contribution is -2.31. The molecule has 0 aliphatic carbocycles. The van der Waals surface area contributed by atoms with Gasteiger partial charge >= 0.3 is 6.03 Å². The first-order valence-corrected chi connectivity index (χ1v) is 12.5. The van der Waals surface area contributed by atoms with Gasteiger partial charge in [0, 0.05) is 55.5 Å². The largest absolute Gasteiger partial charge is 0.453 e. The zero-order chi connectivity index (χ0) is 25.5. The van der Waals surface area contributed by atoms with Gasteiger partial charge < -0.3 is 9.30 Å². The van der Waals surface area contributed by atoms with Crippen LogP contribution in [-0.4, -0.2) is 33.7 Å². The molecule has 4 heterocycles. The van der Waals surface area contributed by atoms with Gasteiger partial charge in [-0.15, -0.1) is 11.3 Å². The number of pyridine rings is 1. The number of carbonyl (C=O) groups excluding carboxylic acids is 1. The van der Waals surface area contributed by atoms with Crippen LogP contribution in [0.4, 0.5) is 25.0 Å². The second-order valence-corrected chi connectivity index (χ2v) is 9.55. The van der Waals surface area contributed by atoms with Crippen molar-refractivity contribution in [1.82, 2.24) is 14.5 Å². The van der Waals surface area contributed by atoms with Gasteiger partial charge in [0.05, 0.1) is 27.1 Å². The highest BCUT2D eigenvalue weighted by Gasteiger charge is 2.31. The molecule has 0 saturated carbocycles. The molecule has 37 heavy (non-hydrogen) atoms. The van der Waals surface area contributed by atoms with Crippen molar-refractivity contribution >= 4 is 39.0 Å². The lowest BCUT2D eigenvalue weighted by atomic mass is 10.2. The van der Waals surface area contributed by atoms with Crippen molar-refractivity contribution in [2.45, 2.75) is 13.5 Å². The summed E-state index contributed by atoms with van der Waals surface area (Å²) in [6.45, 7) is 3.67. The summed E-state index contributed by atoms with van der Waals surface area (Å²) >= 11 is 1.48. The Hall–Kier alpha value is -4.31. The molecule has 0 spiro atoms. The van der Waals surface area contributed by atoms with Crippen LogP contribution in [0, 0.1) is 11.6 Å². The maximum Gasteiger partial charge on any atom is 0.329 e. The Bertz CT molecular complexity index is 1620. The number of urea groups is 1. The number of hydrogen-bond acceptors (Lipinski definition) is 5. The molecule has 0 radical (unpaired) electrons. The molecule has 0 N–H and O–H groups in total. The van der Waals surface area contributed by atoms with Crippen LogP contribution in [0.5, 0.6) is 11.5 Å². The van der Waals surface area contributed by atoms with Gasteiger partial charge in [-0.2, -0.15) is 0 Å². The van der Waals surface area contributed by atoms with E-state index in [1.54, 1.807) is 36.8 Å². The number of thiophene rings is 1. The first kappa shape index (κ1) is 23.1. The lowest BCUT2D eigenvalue weighted by molar-refractivity contribution is 0.256. The minimum absolute atomic E-state index is 0.0449. The first-order valence-electron chi connectivity index (χ1n) is 11.7. The minimum atomic E-state index is -0.589. The van der Waals surface area contributed by atoms with E-state index >= 15 is 4.39 Å². The molecule has 10 heteroatoms. The van der Waals surface area contributed by atoms with E-state index in [0.29, 0.717) is 30.2 Å². The lowest BCUT2D eigenvalue weighted by Gasteiger charge is -2.19. The predicted octanol–water partition coefficient (Wildman–Crippen LogP) is 6.70. The van der Waals surface area contributed by atoms with E-state index in [9.17, 15) is 9.18 Å². The molecule has 0 unspecified atom stereocenters. The summed E-state index contributed by atoms with van der Waals surface area (Å²) in [5, 5.41) is 0. The van der Waals surface area contributed by atoms with E-state index in [1.165, 1.54) is 45.4 Å². The number of anilines is 2. The van der Waals surface area contributed by atoms with E-state index in [0.717, 1.165) is 27.3 Å². The quantitative estimate of drug-likeness (QED) is 0.252. The number of aryl methyl sites for hydroxylation is 1. The molecule has 7 nitrogen and oxygen atoms in total. The predicted molar refractivity (Wildman–Crippen MR) is 139 cm³/mol. The number of ether oxygens (including phenoxy) is 1. The molecule has 1 aliphatic rings. The van der Waals surface area contributed by atoms with Crippen molar-refractivity contribution in [3.05, 3.63) is 85.0 Å². The van der Waals surface area contributed by atoms with Crippen LogP contribution in [0.3, 0.4) is 0 Å². The fourth-order valence-electron chi connectivity index (χ4n) is 4.28. The van der Waals surface area contributed by atoms with Crippen molar-refractivity contribution in [3.8, 4) is 22.1 Å². The fourth-order valence-corrected chi connectivity index (χ4v) is 5.30. The Morgan fingerprint density at radius 3 is 2.43 bits per heavy atom. The van der Waals surface area contributed by atoms with Gasteiger partial charge in [-0.25, -0.2) is 18.6 Å². The molecule has 1 saturated heterocycles. The monoisotopic (exact) mass is 517 g/mol. The molecule has 1 aliphatic heterocycles. The average molecular weight is 518 g/mol. The van der Waals surface area contributed by atoms with Gasteiger partial charge in [0.2, 0.25) is 0 Å². The number of imidazole rings is 1. The van der Waals surface area contributed by atoms with Gasteiger partial charge in [0.15, 0.2) is 11.6 Å². The van der Waals surface area contributed by atoms with Crippen molar-refractivity contribution in [2.24, 2.45) is 0 Å². The number of halogens is 2. The number of nitrogens with zero attached hydrogens (tertiary/aromatic N) is 5. The minimum Gasteiger partial charge on any atom is -0.453 e. The molecule has 5 aromatic rings. The Balaban J connectivity index is 1.24. The van der Waals surface area contributed by atoms with Crippen molar-refractivity contribution in [2.75, 3.05) is 22.9 Å². The van der Waals surface area contributed by atoms with E-state index in [2.05, 4.69) is 9.97 Å². The SMILES string of the molecule is CCn1cnc(-c2cc3nccc(Oc4ccc(N5CCN(c6ccc(F)cc6)C5=O)cc4F)c3s2)c1. The van der Waals surface area contributed by atoms with E-state index in [4.69, 9.17) is 4.74 Å². The number of hydrogen-bond donors (Lipinski definition) is 0. The molecule has 3 aromatic heterocycles. The molecular formula is C27H21F2N5O2S. The Labute approximate surface area is 215 Å². The van der Waals surface area contributed by atoms with Crippen LogP contribution in [0.15, 0.2) is 73.3 Å². The normalized spacial score (nSPS) is 13.6. The van der Waals surface area contributed by atoms with Crippen LogP contribution in [0.2, 0.25) is 0 Å².